The van der Waals surface area contributed by atoms with Gasteiger partial charge >= 0.3 is 0 Å². The topological polar surface area (TPSA) is 35.6 Å². The van der Waals surface area contributed by atoms with Crippen LogP contribution in [0.3, 0.4) is 0 Å². The zero-order valence-electron chi connectivity index (χ0n) is 29.5. The van der Waals surface area contributed by atoms with Gasteiger partial charge in [-0.05, 0) is 66.7 Å². The van der Waals surface area contributed by atoms with Crippen molar-refractivity contribution in [2.24, 2.45) is 0 Å². The Morgan fingerprint density at radius 1 is 0.364 bits per heavy atom. The minimum atomic E-state index is 0.709. The number of aromatic nitrogens is 4. The highest BCUT2D eigenvalue weighted by atomic mass is 32.1. The van der Waals surface area contributed by atoms with Crippen molar-refractivity contribution in [1.82, 2.24) is 19.1 Å². The van der Waals surface area contributed by atoms with E-state index in [1.54, 1.807) is 0 Å². The predicted octanol–water partition coefficient (Wildman–Crippen LogP) is 13.5. The van der Waals surface area contributed by atoms with E-state index in [0.717, 1.165) is 44.4 Å². The van der Waals surface area contributed by atoms with Gasteiger partial charge in [-0.25, -0.2) is 9.97 Å². The van der Waals surface area contributed by atoms with E-state index in [1.807, 2.05) is 23.5 Å². The largest absolute Gasteiger partial charge is 0.309 e. The Hall–Kier alpha value is -7.08. The fraction of sp³-hybridized carbons (Fsp3) is 0. The lowest BCUT2D eigenvalue weighted by molar-refractivity contribution is 1.17. The molecule has 0 saturated carbocycles. The predicted molar refractivity (Wildman–Crippen MR) is 232 cm³/mol. The van der Waals surface area contributed by atoms with Crippen molar-refractivity contribution in [2.45, 2.75) is 0 Å². The lowest BCUT2D eigenvalue weighted by Gasteiger charge is -2.12. The van der Waals surface area contributed by atoms with Crippen LogP contribution in [0, 0.1) is 0 Å². The van der Waals surface area contributed by atoms with Crippen LogP contribution in [0.15, 0.2) is 182 Å². The molecule has 256 valence electrons. The first-order valence-corrected chi connectivity index (χ1v) is 19.4. The van der Waals surface area contributed by atoms with E-state index < -0.39 is 0 Å². The average Bonchev–Trinajstić information content (AvgIpc) is 3.91. The van der Waals surface area contributed by atoms with Crippen LogP contribution in [-0.4, -0.2) is 19.1 Å². The van der Waals surface area contributed by atoms with E-state index in [1.165, 1.54) is 58.4 Å². The molecule has 0 amide bonds. The lowest BCUT2D eigenvalue weighted by Crippen LogP contribution is -1.98. The maximum atomic E-state index is 5.20. The summed E-state index contributed by atoms with van der Waals surface area (Å²) >= 11 is 1.86. The zero-order chi connectivity index (χ0) is 36.0. The molecular weight excluding hydrogens is 689 g/mol. The summed E-state index contributed by atoms with van der Waals surface area (Å²) < 4.78 is 7.48. The second-order valence-corrected chi connectivity index (χ2v) is 15.3. The standard InChI is InChI=1S/C50H30N4S/c1-2-13-31(14-3-1)49-36-18-4-8-21-40(36)51-50(52-49)32-15-12-16-33(29-32)53-41-22-9-5-19-37(41)47-43(53)26-27-44-48(47)38-20-6-10-23-42(38)54(44)34-25-28-46-39(30-34)35-17-7-11-24-45(35)55-46/h1-30H. The second-order valence-electron chi connectivity index (χ2n) is 14.2. The Balaban J connectivity index is 1.10. The molecule has 0 atom stereocenters. The summed E-state index contributed by atoms with van der Waals surface area (Å²) in [6.07, 6.45) is 0. The molecule has 12 rings (SSSR count). The van der Waals surface area contributed by atoms with E-state index in [0.29, 0.717) is 5.82 Å². The molecule has 5 heteroatoms. The van der Waals surface area contributed by atoms with Gasteiger partial charge in [0.25, 0.3) is 0 Å². The minimum absolute atomic E-state index is 0.709. The quantitative estimate of drug-likeness (QED) is 0.182. The van der Waals surface area contributed by atoms with Gasteiger partial charge in [-0.15, -0.1) is 11.3 Å². The minimum Gasteiger partial charge on any atom is -0.309 e. The monoisotopic (exact) mass is 718 g/mol. The van der Waals surface area contributed by atoms with E-state index in [-0.39, 0.29) is 0 Å². The Bertz CT molecular complexity index is 3500. The molecule has 4 aromatic heterocycles. The smallest absolute Gasteiger partial charge is 0.160 e. The zero-order valence-corrected chi connectivity index (χ0v) is 30.3. The van der Waals surface area contributed by atoms with Gasteiger partial charge in [0.2, 0.25) is 0 Å². The Morgan fingerprint density at radius 3 is 1.69 bits per heavy atom. The fourth-order valence-electron chi connectivity index (χ4n) is 8.73. The first kappa shape index (κ1) is 30.4. The summed E-state index contributed by atoms with van der Waals surface area (Å²) in [5, 5.41) is 8.64. The molecule has 4 nitrogen and oxygen atoms in total. The van der Waals surface area contributed by atoms with Crippen LogP contribution in [0.5, 0.6) is 0 Å². The highest BCUT2D eigenvalue weighted by Gasteiger charge is 2.21. The van der Waals surface area contributed by atoms with Crippen molar-refractivity contribution >= 4 is 86.0 Å². The maximum absolute atomic E-state index is 5.20. The summed E-state index contributed by atoms with van der Waals surface area (Å²) in [4.78, 5) is 10.3. The third-order valence-electron chi connectivity index (χ3n) is 11.1. The van der Waals surface area contributed by atoms with E-state index in [9.17, 15) is 0 Å². The van der Waals surface area contributed by atoms with Gasteiger partial charge in [0.05, 0.1) is 33.3 Å². The third kappa shape index (κ3) is 4.51. The molecule has 0 unspecified atom stereocenters. The van der Waals surface area contributed by atoms with Gasteiger partial charge in [-0.3, -0.25) is 0 Å². The van der Waals surface area contributed by atoms with E-state index in [2.05, 4.69) is 179 Å². The number of hydrogen-bond acceptors (Lipinski definition) is 3. The molecule has 0 N–H and O–H groups in total. The van der Waals surface area contributed by atoms with E-state index in [4.69, 9.17) is 9.97 Å². The Labute approximate surface area is 319 Å². The van der Waals surface area contributed by atoms with Crippen LogP contribution in [-0.2, 0) is 0 Å². The summed E-state index contributed by atoms with van der Waals surface area (Å²) in [5.74, 6) is 0.709. The van der Waals surface area contributed by atoms with Crippen LogP contribution in [0.2, 0.25) is 0 Å². The van der Waals surface area contributed by atoms with Gasteiger partial charge < -0.3 is 9.13 Å². The fourth-order valence-corrected chi connectivity index (χ4v) is 9.82. The molecule has 0 aliphatic heterocycles. The van der Waals surface area contributed by atoms with Gasteiger partial charge in [0, 0.05) is 69.6 Å². The molecule has 0 spiro atoms. The number of para-hydroxylation sites is 3. The molecule has 0 saturated heterocycles. The molecule has 55 heavy (non-hydrogen) atoms. The van der Waals surface area contributed by atoms with Crippen LogP contribution in [0.1, 0.15) is 0 Å². The van der Waals surface area contributed by atoms with Crippen molar-refractivity contribution in [3.8, 4) is 34.0 Å². The lowest BCUT2D eigenvalue weighted by atomic mass is 10.1. The number of thiophene rings is 1. The molecule has 0 aliphatic rings. The second kappa shape index (κ2) is 11.7. The average molecular weight is 719 g/mol. The van der Waals surface area contributed by atoms with Gasteiger partial charge in [0.15, 0.2) is 5.82 Å². The van der Waals surface area contributed by atoms with Crippen LogP contribution < -0.4 is 0 Å². The highest BCUT2D eigenvalue weighted by Crippen LogP contribution is 2.43. The number of benzene rings is 8. The maximum Gasteiger partial charge on any atom is 0.160 e. The molecule has 12 aromatic rings. The normalized spacial score (nSPS) is 12.0. The summed E-state index contributed by atoms with van der Waals surface area (Å²) in [5.41, 5.74) is 10.9. The van der Waals surface area contributed by atoms with Gasteiger partial charge in [-0.1, -0.05) is 115 Å². The first-order valence-electron chi connectivity index (χ1n) is 18.6. The number of fused-ring (bicyclic) bond motifs is 11. The molecular formula is C50H30N4S. The molecule has 0 bridgehead atoms. The van der Waals surface area contributed by atoms with Crippen LogP contribution in [0.4, 0.5) is 0 Å². The SMILES string of the molecule is c1ccc(-c2nc(-c3cccc(-n4c5ccccc5c5c6c7ccccc7n(-c7ccc8sc9ccccc9c8c7)c6ccc54)c3)nc3ccccc23)cc1. The van der Waals surface area contributed by atoms with Crippen LogP contribution >= 0.6 is 11.3 Å². The first-order chi connectivity index (χ1) is 27.3. The van der Waals surface area contributed by atoms with Crippen molar-refractivity contribution < 1.29 is 0 Å². The van der Waals surface area contributed by atoms with Gasteiger partial charge in [0.1, 0.15) is 0 Å². The number of nitrogens with zero attached hydrogens (tertiary/aromatic N) is 4. The Morgan fingerprint density at radius 2 is 0.945 bits per heavy atom. The summed E-state index contributed by atoms with van der Waals surface area (Å²) in [7, 11) is 0. The Kier molecular flexibility index (Phi) is 6.47. The van der Waals surface area contributed by atoms with Crippen molar-refractivity contribution in [1.29, 1.82) is 0 Å². The summed E-state index contributed by atoms with van der Waals surface area (Å²) in [6, 6.07) is 65.3. The van der Waals surface area contributed by atoms with Crippen molar-refractivity contribution in [3.63, 3.8) is 0 Å². The number of rotatable bonds is 4. The molecule has 0 fully saturated rings. The summed E-state index contributed by atoms with van der Waals surface area (Å²) in [6.45, 7) is 0. The van der Waals surface area contributed by atoms with Gasteiger partial charge in [-0.2, -0.15) is 0 Å². The molecule has 8 aromatic carbocycles. The van der Waals surface area contributed by atoms with Crippen LogP contribution in [0.25, 0.3) is 109 Å². The molecule has 4 heterocycles. The number of hydrogen-bond donors (Lipinski definition) is 0. The molecule has 0 radical (unpaired) electrons. The third-order valence-corrected chi connectivity index (χ3v) is 12.3. The van der Waals surface area contributed by atoms with E-state index >= 15 is 0 Å². The highest BCUT2D eigenvalue weighted by molar-refractivity contribution is 7.25. The van der Waals surface area contributed by atoms with Crippen molar-refractivity contribution in [2.75, 3.05) is 0 Å². The van der Waals surface area contributed by atoms with Crippen molar-refractivity contribution in [3.05, 3.63) is 182 Å². The molecule has 0 aliphatic carbocycles.